The van der Waals surface area contributed by atoms with E-state index in [4.69, 9.17) is 4.74 Å². The molecule has 2 rings (SSSR count). The Hall–Kier alpha value is -0.450. The van der Waals surface area contributed by atoms with Gasteiger partial charge in [0.2, 0.25) is 0 Å². The Bertz CT molecular complexity index is 316. The molecule has 78 valence electrons. The molecule has 0 bridgehead atoms. The molecule has 1 saturated heterocycles. The maximum atomic E-state index is 9.37. The van der Waals surface area contributed by atoms with Crippen molar-refractivity contribution < 1.29 is 9.84 Å². The summed E-state index contributed by atoms with van der Waals surface area (Å²) in [5, 5.41) is 12.3. The number of rotatable bonds is 2. The number of thiazole rings is 1. The Morgan fingerprint density at radius 3 is 3.00 bits per heavy atom. The summed E-state index contributed by atoms with van der Waals surface area (Å²) >= 11 is 1.58. The van der Waals surface area contributed by atoms with Crippen molar-refractivity contribution in [2.24, 2.45) is 0 Å². The molecular formula is C10H15NO2S. The molecule has 0 radical (unpaired) electrons. The minimum atomic E-state index is -0.481. The molecule has 2 unspecified atom stereocenters. The van der Waals surface area contributed by atoms with Gasteiger partial charge >= 0.3 is 0 Å². The molecule has 1 fully saturated rings. The minimum Gasteiger partial charge on any atom is -0.387 e. The summed E-state index contributed by atoms with van der Waals surface area (Å²) in [6, 6.07) is 0. The largest absolute Gasteiger partial charge is 0.387 e. The highest BCUT2D eigenvalue weighted by Crippen LogP contribution is 2.37. The number of hydrogen-bond donors (Lipinski definition) is 1. The summed E-state index contributed by atoms with van der Waals surface area (Å²) < 4.78 is 5.69. The molecule has 1 aliphatic rings. The molecule has 2 atom stereocenters. The van der Waals surface area contributed by atoms with Gasteiger partial charge in [0.05, 0.1) is 11.8 Å². The minimum absolute atomic E-state index is 0.211. The van der Waals surface area contributed by atoms with Crippen LogP contribution in [0.1, 0.15) is 43.5 Å². The zero-order chi connectivity index (χ0) is 10.2. The highest BCUT2D eigenvalue weighted by atomic mass is 32.1. The van der Waals surface area contributed by atoms with Crippen LogP contribution in [0.3, 0.4) is 0 Å². The van der Waals surface area contributed by atoms with E-state index in [9.17, 15) is 5.11 Å². The third-order valence-electron chi connectivity index (χ3n) is 2.62. The predicted molar refractivity (Wildman–Crippen MR) is 55.3 cm³/mol. The molecular weight excluding hydrogens is 198 g/mol. The van der Waals surface area contributed by atoms with Gasteiger partial charge in [0, 0.05) is 12.0 Å². The first-order valence-electron chi connectivity index (χ1n) is 4.90. The second-order valence-corrected chi connectivity index (χ2v) is 4.79. The van der Waals surface area contributed by atoms with Gasteiger partial charge < -0.3 is 9.84 Å². The average molecular weight is 213 g/mol. The Morgan fingerprint density at radius 1 is 1.71 bits per heavy atom. The molecule has 0 amide bonds. The summed E-state index contributed by atoms with van der Waals surface area (Å²) in [4.78, 5) is 4.41. The van der Waals surface area contributed by atoms with Crippen molar-refractivity contribution in [3.8, 4) is 0 Å². The molecule has 2 heterocycles. The number of aliphatic hydroxyl groups excluding tert-OH is 1. The van der Waals surface area contributed by atoms with E-state index >= 15 is 0 Å². The van der Waals surface area contributed by atoms with Crippen LogP contribution in [0.2, 0.25) is 0 Å². The monoisotopic (exact) mass is 213 g/mol. The summed E-state index contributed by atoms with van der Waals surface area (Å²) in [5.74, 6) is 0. The van der Waals surface area contributed by atoms with Crippen molar-refractivity contribution in [1.29, 1.82) is 0 Å². The van der Waals surface area contributed by atoms with Gasteiger partial charge in [-0.25, -0.2) is 4.98 Å². The van der Waals surface area contributed by atoms with E-state index in [1.807, 2.05) is 5.38 Å². The molecule has 14 heavy (non-hydrogen) atoms. The maximum absolute atomic E-state index is 9.37. The van der Waals surface area contributed by atoms with E-state index in [1.165, 1.54) is 0 Å². The summed E-state index contributed by atoms with van der Waals surface area (Å²) in [6.07, 6.45) is 1.64. The summed E-state index contributed by atoms with van der Waals surface area (Å²) in [6.45, 7) is 4.63. The van der Waals surface area contributed by atoms with Crippen LogP contribution >= 0.6 is 11.3 Å². The quantitative estimate of drug-likeness (QED) is 0.819. The molecule has 0 saturated carbocycles. The van der Waals surface area contributed by atoms with Crippen molar-refractivity contribution >= 4 is 11.3 Å². The SMILES string of the molecule is CC(O)c1csc(C2(C)CCCO2)n1. The van der Waals surface area contributed by atoms with Crippen molar-refractivity contribution in [1.82, 2.24) is 4.98 Å². The summed E-state index contributed by atoms with van der Waals surface area (Å²) in [5.41, 5.74) is 0.541. The lowest BCUT2D eigenvalue weighted by Crippen LogP contribution is -2.19. The number of ether oxygens (including phenoxy) is 1. The summed E-state index contributed by atoms with van der Waals surface area (Å²) in [7, 11) is 0. The normalized spacial score (nSPS) is 29.4. The van der Waals surface area contributed by atoms with Crippen LogP contribution < -0.4 is 0 Å². The van der Waals surface area contributed by atoms with Crippen LogP contribution in [0, 0.1) is 0 Å². The Kier molecular flexibility index (Phi) is 2.60. The van der Waals surface area contributed by atoms with Gasteiger partial charge in [-0.1, -0.05) is 0 Å². The van der Waals surface area contributed by atoms with Gasteiger partial charge in [0.15, 0.2) is 0 Å². The topological polar surface area (TPSA) is 42.4 Å². The third-order valence-corrected chi connectivity index (χ3v) is 3.73. The van der Waals surface area contributed by atoms with Crippen LogP contribution in [0.15, 0.2) is 5.38 Å². The molecule has 1 aliphatic heterocycles. The van der Waals surface area contributed by atoms with E-state index in [-0.39, 0.29) is 5.60 Å². The van der Waals surface area contributed by atoms with Crippen LogP contribution in [0.4, 0.5) is 0 Å². The molecule has 0 aromatic carbocycles. The van der Waals surface area contributed by atoms with Gasteiger partial charge in [0.1, 0.15) is 10.6 Å². The molecule has 0 spiro atoms. The van der Waals surface area contributed by atoms with Crippen molar-refractivity contribution in [3.63, 3.8) is 0 Å². The van der Waals surface area contributed by atoms with Gasteiger partial charge in [-0.05, 0) is 26.7 Å². The lowest BCUT2D eigenvalue weighted by molar-refractivity contribution is 0.0163. The van der Waals surface area contributed by atoms with Crippen LogP contribution in [0.25, 0.3) is 0 Å². The van der Waals surface area contributed by atoms with Gasteiger partial charge in [0.25, 0.3) is 0 Å². The Morgan fingerprint density at radius 2 is 2.50 bits per heavy atom. The van der Waals surface area contributed by atoms with Gasteiger partial charge in [-0.15, -0.1) is 11.3 Å². The lowest BCUT2D eigenvalue weighted by atomic mass is 10.0. The van der Waals surface area contributed by atoms with E-state index in [2.05, 4.69) is 11.9 Å². The third kappa shape index (κ3) is 1.69. The van der Waals surface area contributed by atoms with E-state index in [0.717, 1.165) is 30.2 Å². The number of nitrogens with zero attached hydrogens (tertiary/aromatic N) is 1. The highest BCUT2D eigenvalue weighted by Gasteiger charge is 2.34. The first-order valence-corrected chi connectivity index (χ1v) is 5.78. The van der Waals surface area contributed by atoms with Crippen LogP contribution in [0.5, 0.6) is 0 Å². The number of hydrogen-bond acceptors (Lipinski definition) is 4. The average Bonchev–Trinajstić information content (AvgIpc) is 2.71. The standard InChI is InChI=1S/C10H15NO2S/c1-7(12)8-6-14-9(11-8)10(2)4-3-5-13-10/h6-7,12H,3-5H2,1-2H3. The Balaban J connectivity index is 2.23. The fourth-order valence-corrected chi connectivity index (χ4v) is 2.72. The van der Waals surface area contributed by atoms with E-state index < -0.39 is 6.10 Å². The number of aromatic nitrogens is 1. The smallest absolute Gasteiger partial charge is 0.125 e. The molecule has 1 aromatic heterocycles. The van der Waals surface area contributed by atoms with Crippen molar-refractivity contribution in [2.45, 2.75) is 38.4 Å². The highest BCUT2D eigenvalue weighted by molar-refractivity contribution is 7.09. The molecule has 3 nitrogen and oxygen atoms in total. The zero-order valence-electron chi connectivity index (χ0n) is 8.49. The first kappa shape index (κ1) is 10.1. The van der Waals surface area contributed by atoms with Crippen molar-refractivity contribution in [3.05, 3.63) is 16.1 Å². The molecule has 1 aromatic rings. The van der Waals surface area contributed by atoms with Gasteiger partial charge in [-0.3, -0.25) is 0 Å². The maximum Gasteiger partial charge on any atom is 0.125 e. The molecule has 1 N–H and O–H groups in total. The van der Waals surface area contributed by atoms with Gasteiger partial charge in [-0.2, -0.15) is 0 Å². The van der Waals surface area contributed by atoms with E-state index in [1.54, 1.807) is 18.3 Å². The van der Waals surface area contributed by atoms with Crippen molar-refractivity contribution in [2.75, 3.05) is 6.61 Å². The first-order chi connectivity index (χ1) is 6.62. The lowest BCUT2D eigenvalue weighted by Gasteiger charge is -2.19. The molecule has 0 aliphatic carbocycles. The van der Waals surface area contributed by atoms with Crippen LogP contribution in [-0.4, -0.2) is 16.7 Å². The van der Waals surface area contributed by atoms with E-state index in [0.29, 0.717) is 0 Å². The fourth-order valence-electron chi connectivity index (χ4n) is 1.67. The number of aliphatic hydroxyl groups is 1. The van der Waals surface area contributed by atoms with Crippen LogP contribution in [-0.2, 0) is 10.3 Å². The zero-order valence-corrected chi connectivity index (χ0v) is 9.30. The fraction of sp³-hybridized carbons (Fsp3) is 0.700. The second kappa shape index (κ2) is 3.61. The predicted octanol–water partition coefficient (Wildman–Crippen LogP) is 2.22. The second-order valence-electron chi connectivity index (χ2n) is 3.94. The Labute approximate surface area is 87.7 Å². The molecule has 4 heteroatoms.